The van der Waals surface area contributed by atoms with Crippen molar-refractivity contribution in [3.63, 3.8) is 0 Å². The Bertz CT molecular complexity index is 356. The van der Waals surface area contributed by atoms with E-state index in [1.165, 1.54) is 31.4 Å². The summed E-state index contributed by atoms with van der Waals surface area (Å²) in [4.78, 5) is 4.24. The van der Waals surface area contributed by atoms with Gasteiger partial charge < -0.3 is 14.6 Å². The predicted octanol–water partition coefficient (Wildman–Crippen LogP) is 2.59. The van der Waals surface area contributed by atoms with Crippen molar-refractivity contribution in [3.8, 4) is 0 Å². The molecule has 0 radical (unpaired) electrons. The zero-order valence-corrected chi connectivity index (χ0v) is 12.3. The van der Waals surface area contributed by atoms with E-state index < -0.39 is 0 Å². The summed E-state index contributed by atoms with van der Waals surface area (Å²) in [6.07, 6.45) is 9.51. The number of hydrogen-bond acceptors (Lipinski definition) is 3. The molecule has 0 bridgehead atoms. The molecule has 1 fully saturated rings. The smallest absolute Gasteiger partial charge is 0.0949 e. The molecule has 1 aliphatic carbocycles. The molecule has 1 aromatic heterocycles. The second kappa shape index (κ2) is 7.65. The van der Waals surface area contributed by atoms with Crippen LogP contribution in [0, 0.1) is 5.92 Å². The molecule has 1 heterocycles. The van der Waals surface area contributed by atoms with Gasteiger partial charge in [-0.3, -0.25) is 0 Å². The van der Waals surface area contributed by atoms with E-state index >= 15 is 0 Å². The summed E-state index contributed by atoms with van der Waals surface area (Å²) >= 11 is 0. The van der Waals surface area contributed by atoms with Crippen LogP contribution < -0.4 is 5.32 Å². The van der Waals surface area contributed by atoms with Crippen molar-refractivity contribution in [2.24, 2.45) is 5.92 Å². The van der Waals surface area contributed by atoms with Gasteiger partial charge in [-0.1, -0.05) is 26.7 Å². The van der Waals surface area contributed by atoms with E-state index in [9.17, 15) is 0 Å². The molecule has 1 aliphatic rings. The highest BCUT2D eigenvalue weighted by atomic mass is 16.5. The third-order valence-corrected chi connectivity index (χ3v) is 3.65. The summed E-state index contributed by atoms with van der Waals surface area (Å²) in [7, 11) is 0. The average Bonchev–Trinajstić information content (AvgIpc) is 3.01. The fourth-order valence-electron chi connectivity index (χ4n) is 2.56. The van der Waals surface area contributed by atoms with Crippen molar-refractivity contribution in [2.45, 2.75) is 58.7 Å². The lowest BCUT2D eigenvalue weighted by atomic mass is 10.2. The molecule has 1 aromatic rings. The number of nitrogens with zero attached hydrogens (tertiary/aromatic N) is 2. The molecule has 0 amide bonds. The molecule has 108 valence electrons. The summed E-state index contributed by atoms with van der Waals surface area (Å²) in [5.41, 5.74) is 1.25. The lowest BCUT2D eigenvalue weighted by Crippen LogP contribution is -2.21. The van der Waals surface area contributed by atoms with E-state index in [1.54, 1.807) is 0 Å². The summed E-state index contributed by atoms with van der Waals surface area (Å²) in [5.74, 6) is 0.682. The van der Waals surface area contributed by atoms with Crippen molar-refractivity contribution in [2.75, 3.05) is 13.2 Å². The minimum atomic E-state index is 0.506. The number of ether oxygens (including phenoxy) is 1. The van der Waals surface area contributed by atoms with Crippen LogP contribution in [-0.4, -0.2) is 28.8 Å². The Morgan fingerprint density at radius 2 is 2.21 bits per heavy atom. The van der Waals surface area contributed by atoms with Crippen LogP contribution in [0.1, 0.15) is 45.2 Å². The SMILES string of the molecule is CC(C)CNCc1cncn1CCOC1CCCC1. The number of hydrogen-bond donors (Lipinski definition) is 1. The van der Waals surface area contributed by atoms with Crippen molar-refractivity contribution in [1.82, 2.24) is 14.9 Å². The first-order chi connectivity index (χ1) is 9.25. The predicted molar refractivity (Wildman–Crippen MR) is 77.0 cm³/mol. The van der Waals surface area contributed by atoms with Gasteiger partial charge in [0.25, 0.3) is 0 Å². The highest BCUT2D eigenvalue weighted by Crippen LogP contribution is 2.20. The Morgan fingerprint density at radius 3 is 2.95 bits per heavy atom. The van der Waals surface area contributed by atoms with Crippen LogP contribution in [0.3, 0.4) is 0 Å². The Morgan fingerprint density at radius 1 is 1.42 bits per heavy atom. The molecule has 4 heteroatoms. The first-order valence-corrected chi connectivity index (χ1v) is 7.57. The highest BCUT2D eigenvalue weighted by molar-refractivity contribution is 4.97. The monoisotopic (exact) mass is 265 g/mol. The van der Waals surface area contributed by atoms with Gasteiger partial charge in [-0.2, -0.15) is 0 Å². The topological polar surface area (TPSA) is 39.1 Å². The van der Waals surface area contributed by atoms with Crippen molar-refractivity contribution in [1.29, 1.82) is 0 Å². The maximum absolute atomic E-state index is 5.90. The van der Waals surface area contributed by atoms with Gasteiger partial charge in [0.05, 0.1) is 24.7 Å². The minimum Gasteiger partial charge on any atom is -0.376 e. The lowest BCUT2D eigenvalue weighted by molar-refractivity contribution is 0.0526. The fourth-order valence-corrected chi connectivity index (χ4v) is 2.56. The average molecular weight is 265 g/mol. The normalized spacial score (nSPS) is 16.6. The van der Waals surface area contributed by atoms with Gasteiger partial charge in [-0.15, -0.1) is 0 Å². The first kappa shape index (κ1) is 14.5. The number of nitrogens with one attached hydrogen (secondary N) is 1. The first-order valence-electron chi connectivity index (χ1n) is 7.57. The van der Waals surface area contributed by atoms with Gasteiger partial charge in [0.1, 0.15) is 0 Å². The largest absolute Gasteiger partial charge is 0.376 e. The molecular weight excluding hydrogens is 238 g/mol. The minimum absolute atomic E-state index is 0.506. The molecule has 0 saturated heterocycles. The maximum atomic E-state index is 5.90. The molecule has 0 unspecified atom stereocenters. The second-order valence-electron chi connectivity index (χ2n) is 5.88. The lowest BCUT2D eigenvalue weighted by Gasteiger charge is -2.13. The molecule has 2 rings (SSSR count). The molecule has 1 saturated carbocycles. The van der Waals surface area contributed by atoms with Gasteiger partial charge in [0.2, 0.25) is 0 Å². The van der Waals surface area contributed by atoms with Crippen LogP contribution in [0.5, 0.6) is 0 Å². The van der Waals surface area contributed by atoms with Gasteiger partial charge in [-0.25, -0.2) is 4.98 Å². The van der Waals surface area contributed by atoms with Gasteiger partial charge in [-0.05, 0) is 25.3 Å². The van der Waals surface area contributed by atoms with E-state index in [0.29, 0.717) is 12.0 Å². The Hall–Kier alpha value is -0.870. The molecule has 4 nitrogen and oxygen atoms in total. The van der Waals surface area contributed by atoms with Gasteiger partial charge in [0, 0.05) is 19.3 Å². The number of imidazole rings is 1. The molecule has 0 aromatic carbocycles. The van der Waals surface area contributed by atoms with Crippen LogP contribution in [0.15, 0.2) is 12.5 Å². The van der Waals surface area contributed by atoms with E-state index in [2.05, 4.69) is 28.7 Å². The van der Waals surface area contributed by atoms with Crippen LogP contribution in [0.2, 0.25) is 0 Å². The van der Waals surface area contributed by atoms with Crippen molar-refractivity contribution in [3.05, 3.63) is 18.2 Å². The molecular formula is C15H27N3O. The standard InChI is InChI=1S/C15H27N3O/c1-13(2)9-16-10-14-11-17-12-18(14)7-8-19-15-5-3-4-6-15/h11-13,15-16H,3-10H2,1-2H3. The molecule has 0 aliphatic heterocycles. The quantitative estimate of drug-likeness (QED) is 0.785. The number of aromatic nitrogens is 2. The summed E-state index contributed by atoms with van der Waals surface area (Å²) < 4.78 is 8.10. The molecule has 1 N–H and O–H groups in total. The third kappa shape index (κ3) is 4.96. The van der Waals surface area contributed by atoms with Gasteiger partial charge >= 0.3 is 0 Å². The third-order valence-electron chi connectivity index (χ3n) is 3.65. The highest BCUT2D eigenvalue weighted by Gasteiger charge is 2.14. The van der Waals surface area contributed by atoms with Gasteiger partial charge in [0.15, 0.2) is 0 Å². The summed E-state index contributed by atoms with van der Waals surface area (Å²) in [6, 6.07) is 0. The van der Waals surface area contributed by atoms with Crippen molar-refractivity contribution >= 4 is 0 Å². The summed E-state index contributed by atoms with van der Waals surface area (Å²) in [6.45, 7) is 8.10. The number of rotatable bonds is 8. The second-order valence-corrected chi connectivity index (χ2v) is 5.88. The maximum Gasteiger partial charge on any atom is 0.0949 e. The van der Waals surface area contributed by atoms with Crippen molar-refractivity contribution < 1.29 is 4.74 Å². The Balaban J connectivity index is 1.69. The molecule has 19 heavy (non-hydrogen) atoms. The summed E-state index contributed by atoms with van der Waals surface area (Å²) in [5, 5.41) is 3.46. The zero-order valence-electron chi connectivity index (χ0n) is 12.3. The van der Waals surface area contributed by atoms with E-state index in [1.807, 2.05) is 12.5 Å². The zero-order chi connectivity index (χ0) is 13.5. The molecule has 0 spiro atoms. The Labute approximate surface area is 116 Å². The van der Waals surface area contributed by atoms with E-state index in [0.717, 1.165) is 26.2 Å². The Kier molecular flexibility index (Phi) is 5.86. The van der Waals surface area contributed by atoms with E-state index in [-0.39, 0.29) is 0 Å². The molecule has 0 atom stereocenters. The van der Waals surface area contributed by atoms with Crippen LogP contribution in [0.4, 0.5) is 0 Å². The van der Waals surface area contributed by atoms with E-state index in [4.69, 9.17) is 4.74 Å². The fraction of sp³-hybridized carbons (Fsp3) is 0.800. The van der Waals surface area contributed by atoms with Crippen LogP contribution >= 0.6 is 0 Å². The van der Waals surface area contributed by atoms with Crippen LogP contribution in [0.25, 0.3) is 0 Å². The van der Waals surface area contributed by atoms with Crippen LogP contribution in [-0.2, 0) is 17.8 Å².